The molecular formula is C5H8F2O3. The van der Waals surface area contributed by atoms with E-state index in [1.807, 2.05) is 0 Å². The number of alkyl halides is 2. The number of esters is 1. The molecule has 0 spiro atoms. The van der Waals surface area contributed by atoms with Gasteiger partial charge in [-0.05, 0) is 0 Å². The van der Waals surface area contributed by atoms with Gasteiger partial charge >= 0.3 is 5.97 Å². The van der Waals surface area contributed by atoms with E-state index in [4.69, 9.17) is 5.11 Å². The summed E-state index contributed by atoms with van der Waals surface area (Å²) in [6.45, 7) is 0. The Morgan fingerprint density at radius 1 is 1.70 bits per heavy atom. The molecule has 0 unspecified atom stereocenters. The molecule has 0 bridgehead atoms. The highest BCUT2D eigenvalue weighted by Gasteiger charge is 2.20. The summed E-state index contributed by atoms with van der Waals surface area (Å²) in [4.78, 5) is 10.2. The van der Waals surface area contributed by atoms with Crippen LogP contribution in [-0.2, 0) is 9.53 Å². The first-order chi connectivity index (χ1) is 4.57. The minimum Gasteiger partial charge on any atom is -0.469 e. The number of halogens is 2. The van der Waals surface area contributed by atoms with Crippen molar-refractivity contribution in [2.45, 2.75) is 19.0 Å². The van der Waals surface area contributed by atoms with Gasteiger partial charge in [-0.2, -0.15) is 0 Å². The lowest BCUT2D eigenvalue weighted by Crippen LogP contribution is -2.21. The summed E-state index contributed by atoms with van der Waals surface area (Å²) >= 11 is 0. The van der Waals surface area contributed by atoms with E-state index in [0.29, 0.717) is 0 Å². The Kier molecular flexibility index (Phi) is 3.87. The minimum absolute atomic E-state index is 0.659. The van der Waals surface area contributed by atoms with Gasteiger partial charge in [0.05, 0.1) is 13.5 Å². The van der Waals surface area contributed by atoms with Crippen LogP contribution in [0, 0.1) is 0 Å². The zero-order valence-corrected chi connectivity index (χ0v) is 5.38. The van der Waals surface area contributed by atoms with Gasteiger partial charge in [-0.3, -0.25) is 4.79 Å². The monoisotopic (exact) mass is 154 g/mol. The van der Waals surface area contributed by atoms with Crippen LogP contribution in [0.2, 0.25) is 0 Å². The highest BCUT2D eigenvalue weighted by molar-refractivity contribution is 5.69. The van der Waals surface area contributed by atoms with Crippen LogP contribution in [0.3, 0.4) is 0 Å². The Morgan fingerprint density at radius 3 is 2.50 bits per heavy atom. The molecule has 3 nitrogen and oxygen atoms in total. The van der Waals surface area contributed by atoms with Gasteiger partial charge in [-0.15, -0.1) is 0 Å². The van der Waals surface area contributed by atoms with Crippen LogP contribution >= 0.6 is 0 Å². The number of hydrogen-bond acceptors (Lipinski definition) is 3. The number of ether oxygens (including phenoxy) is 1. The Labute approximate surface area is 56.6 Å². The first kappa shape index (κ1) is 9.29. The normalized spacial score (nSPS) is 13.3. The van der Waals surface area contributed by atoms with Crippen molar-refractivity contribution in [3.8, 4) is 0 Å². The van der Waals surface area contributed by atoms with Gasteiger partial charge in [-0.25, -0.2) is 8.78 Å². The molecule has 0 aromatic carbocycles. The van der Waals surface area contributed by atoms with Gasteiger partial charge in [-0.1, -0.05) is 0 Å². The number of carbonyl (C=O) groups excluding carboxylic acids is 1. The molecule has 0 aromatic heterocycles. The maximum atomic E-state index is 11.5. The Bertz CT molecular complexity index is 115. The van der Waals surface area contributed by atoms with Crippen molar-refractivity contribution in [3.05, 3.63) is 0 Å². The Balaban J connectivity index is 3.57. The maximum Gasteiger partial charge on any atom is 0.308 e. The van der Waals surface area contributed by atoms with Crippen molar-refractivity contribution >= 4 is 5.97 Å². The second-order valence-electron chi connectivity index (χ2n) is 1.68. The summed E-state index contributed by atoms with van der Waals surface area (Å²) in [5.74, 6) is -0.840. The zero-order chi connectivity index (χ0) is 8.15. The summed E-state index contributed by atoms with van der Waals surface area (Å²) in [6.07, 6.45) is -5.46. The van der Waals surface area contributed by atoms with E-state index in [1.54, 1.807) is 0 Å². The molecule has 0 aromatic rings. The molecule has 0 fully saturated rings. The van der Waals surface area contributed by atoms with Crippen molar-refractivity contribution in [3.63, 3.8) is 0 Å². The largest absolute Gasteiger partial charge is 0.469 e. The van der Waals surface area contributed by atoms with E-state index in [1.165, 1.54) is 0 Å². The molecule has 0 saturated heterocycles. The van der Waals surface area contributed by atoms with E-state index in [0.717, 1.165) is 7.11 Å². The van der Waals surface area contributed by atoms with E-state index >= 15 is 0 Å². The fourth-order valence-corrected chi connectivity index (χ4v) is 0.343. The number of rotatable bonds is 3. The van der Waals surface area contributed by atoms with Gasteiger partial charge in [0.25, 0.3) is 6.43 Å². The molecule has 0 aliphatic carbocycles. The van der Waals surface area contributed by atoms with Crippen LogP contribution in [0.25, 0.3) is 0 Å². The van der Waals surface area contributed by atoms with Crippen molar-refractivity contribution in [2.75, 3.05) is 7.11 Å². The fourth-order valence-electron chi connectivity index (χ4n) is 0.343. The van der Waals surface area contributed by atoms with Gasteiger partial charge in [0.15, 0.2) is 0 Å². The molecule has 5 heteroatoms. The zero-order valence-electron chi connectivity index (χ0n) is 5.38. The lowest BCUT2D eigenvalue weighted by atomic mass is 10.3. The van der Waals surface area contributed by atoms with Crippen molar-refractivity contribution in [2.24, 2.45) is 0 Å². The third-order valence-corrected chi connectivity index (χ3v) is 0.894. The Morgan fingerprint density at radius 2 is 2.20 bits per heavy atom. The standard InChI is InChI=1S/C5H8F2O3/c1-10-4(9)2-3(8)5(6)7/h3,5,8H,2H2,1H3/t3-/m0/s1. The van der Waals surface area contributed by atoms with Gasteiger partial charge in [0.1, 0.15) is 6.10 Å². The maximum absolute atomic E-state index is 11.5. The summed E-state index contributed by atoms with van der Waals surface area (Å²) in [7, 11) is 1.07. The third-order valence-electron chi connectivity index (χ3n) is 0.894. The third kappa shape index (κ3) is 3.34. The molecule has 1 atom stereocenters. The highest BCUT2D eigenvalue weighted by Crippen LogP contribution is 2.04. The lowest BCUT2D eigenvalue weighted by molar-refractivity contribution is -0.145. The number of methoxy groups -OCH3 is 1. The minimum atomic E-state index is -2.89. The second kappa shape index (κ2) is 4.16. The number of aliphatic hydroxyl groups excluding tert-OH is 1. The Hall–Kier alpha value is -0.710. The number of hydrogen-bond donors (Lipinski definition) is 1. The molecule has 1 N–H and O–H groups in total. The van der Waals surface area contributed by atoms with Crippen LogP contribution in [0.5, 0.6) is 0 Å². The van der Waals surface area contributed by atoms with Gasteiger partial charge in [0, 0.05) is 0 Å². The molecule has 0 aliphatic heterocycles. The predicted octanol–water partition coefficient (Wildman–Crippen LogP) is 0.175. The summed E-state index contributed by atoms with van der Waals surface area (Å²) < 4.78 is 27.0. The smallest absolute Gasteiger partial charge is 0.308 e. The molecule has 0 radical (unpaired) electrons. The molecule has 0 heterocycles. The summed E-state index contributed by atoms with van der Waals surface area (Å²) in [5.41, 5.74) is 0. The predicted molar refractivity (Wildman–Crippen MR) is 28.6 cm³/mol. The SMILES string of the molecule is COC(=O)C[C@H](O)C(F)F. The second-order valence-corrected chi connectivity index (χ2v) is 1.68. The van der Waals surface area contributed by atoms with Crippen LogP contribution in [0.15, 0.2) is 0 Å². The van der Waals surface area contributed by atoms with Crippen molar-refractivity contribution in [1.29, 1.82) is 0 Å². The van der Waals surface area contributed by atoms with Crippen LogP contribution < -0.4 is 0 Å². The quantitative estimate of drug-likeness (QED) is 0.589. The lowest BCUT2D eigenvalue weighted by Gasteiger charge is -2.05. The van der Waals surface area contributed by atoms with E-state index in [2.05, 4.69) is 4.74 Å². The molecule has 0 saturated carbocycles. The van der Waals surface area contributed by atoms with Crippen LogP contribution in [0.1, 0.15) is 6.42 Å². The average molecular weight is 154 g/mol. The van der Waals surface area contributed by atoms with E-state index in [-0.39, 0.29) is 0 Å². The first-order valence-corrected chi connectivity index (χ1v) is 2.61. The van der Waals surface area contributed by atoms with Gasteiger partial charge in [0.2, 0.25) is 0 Å². The molecular weight excluding hydrogens is 146 g/mol. The van der Waals surface area contributed by atoms with E-state index in [9.17, 15) is 13.6 Å². The molecule has 0 amide bonds. The van der Waals surface area contributed by atoms with Gasteiger partial charge < -0.3 is 9.84 Å². The van der Waals surface area contributed by atoms with Crippen molar-refractivity contribution in [1.82, 2.24) is 0 Å². The molecule has 10 heavy (non-hydrogen) atoms. The summed E-state index contributed by atoms with van der Waals surface area (Å²) in [6, 6.07) is 0. The van der Waals surface area contributed by atoms with Crippen molar-refractivity contribution < 1.29 is 23.4 Å². The molecule has 60 valence electrons. The topological polar surface area (TPSA) is 46.5 Å². The fraction of sp³-hybridized carbons (Fsp3) is 0.800. The van der Waals surface area contributed by atoms with Crippen LogP contribution in [-0.4, -0.2) is 30.7 Å². The first-order valence-electron chi connectivity index (χ1n) is 2.61. The number of aliphatic hydroxyl groups is 1. The number of carbonyl (C=O) groups is 1. The van der Waals surface area contributed by atoms with Crippen LogP contribution in [0.4, 0.5) is 8.78 Å². The van der Waals surface area contributed by atoms with E-state index < -0.39 is 24.9 Å². The highest BCUT2D eigenvalue weighted by atomic mass is 19.3. The molecule has 0 rings (SSSR count). The summed E-state index contributed by atoms with van der Waals surface area (Å²) in [5, 5.41) is 8.38. The molecule has 0 aliphatic rings. The average Bonchev–Trinajstić information content (AvgIpc) is 1.87.